The lowest BCUT2D eigenvalue weighted by Crippen LogP contribution is -2.05. The van der Waals surface area contributed by atoms with Crippen molar-refractivity contribution >= 4 is 17.9 Å². The monoisotopic (exact) mass is 455 g/mol. The van der Waals surface area contributed by atoms with E-state index in [1.165, 1.54) is 11.1 Å². The third-order valence-electron chi connectivity index (χ3n) is 5.49. The third-order valence-corrected chi connectivity index (χ3v) is 5.49. The molecule has 1 aliphatic rings. The lowest BCUT2D eigenvalue weighted by Gasteiger charge is -2.13. The molecular formula is C29H29NO4. The molecule has 0 saturated carbocycles. The van der Waals surface area contributed by atoms with E-state index in [1.807, 2.05) is 61.5 Å². The van der Waals surface area contributed by atoms with Crippen LogP contribution in [0.5, 0.6) is 11.5 Å². The molecule has 0 unspecified atom stereocenters. The highest BCUT2D eigenvalue weighted by Gasteiger charge is 2.24. The highest BCUT2D eigenvalue weighted by Crippen LogP contribution is 2.31. The van der Waals surface area contributed by atoms with E-state index >= 15 is 0 Å². The quantitative estimate of drug-likeness (QED) is 0.290. The summed E-state index contributed by atoms with van der Waals surface area (Å²) < 4.78 is 17.2. The van der Waals surface area contributed by atoms with Gasteiger partial charge in [-0.25, -0.2) is 9.79 Å². The van der Waals surface area contributed by atoms with Crippen molar-refractivity contribution in [2.24, 2.45) is 4.99 Å². The smallest absolute Gasteiger partial charge is 0.363 e. The molecule has 0 bridgehead atoms. The Balaban J connectivity index is 1.54. The van der Waals surface area contributed by atoms with Crippen molar-refractivity contribution in [1.82, 2.24) is 0 Å². The van der Waals surface area contributed by atoms with Gasteiger partial charge in [0.2, 0.25) is 5.90 Å². The Bertz CT molecular complexity index is 1240. The van der Waals surface area contributed by atoms with Crippen molar-refractivity contribution < 1.29 is 19.0 Å². The average Bonchev–Trinajstić information content (AvgIpc) is 3.19. The molecule has 34 heavy (non-hydrogen) atoms. The normalized spacial score (nSPS) is 14.3. The Hall–Kier alpha value is -3.86. The maximum atomic E-state index is 12.4. The van der Waals surface area contributed by atoms with Gasteiger partial charge in [0.25, 0.3) is 0 Å². The van der Waals surface area contributed by atoms with Crippen LogP contribution >= 0.6 is 0 Å². The van der Waals surface area contributed by atoms with E-state index in [4.69, 9.17) is 14.2 Å². The van der Waals surface area contributed by atoms with Crippen LogP contribution in [0.4, 0.5) is 0 Å². The summed E-state index contributed by atoms with van der Waals surface area (Å²) in [5.41, 5.74) is 5.30. The Morgan fingerprint density at radius 1 is 0.971 bits per heavy atom. The maximum Gasteiger partial charge on any atom is 0.363 e. The van der Waals surface area contributed by atoms with Gasteiger partial charge in [-0.15, -0.1) is 0 Å². The van der Waals surface area contributed by atoms with Gasteiger partial charge >= 0.3 is 5.97 Å². The number of esters is 1. The van der Waals surface area contributed by atoms with Crippen LogP contribution in [0.15, 0.2) is 77.4 Å². The van der Waals surface area contributed by atoms with Gasteiger partial charge in [0.05, 0.1) is 6.61 Å². The molecule has 0 spiro atoms. The fourth-order valence-electron chi connectivity index (χ4n) is 3.67. The van der Waals surface area contributed by atoms with Crippen LogP contribution in [-0.4, -0.2) is 18.5 Å². The number of benzene rings is 3. The highest BCUT2D eigenvalue weighted by molar-refractivity contribution is 6.12. The first kappa shape index (κ1) is 23.3. The van der Waals surface area contributed by atoms with Crippen LogP contribution in [-0.2, 0) is 16.1 Å². The van der Waals surface area contributed by atoms with Crippen LogP contribution < -0.4 is 9.47 Å². The molecule has 4 rings (SSSR count). The Morgan fingerprint density at radius 3 is 2.47 bits per heavy atom. The van der Waals surface area contributed by atoms with Crippen molar-refractivity contribution in [3.05, 3.63) is 100 Å². The van der Waals surface area contributed by atoms with Crippen molar-refractivity contribution in [2.75, 3.05) is 6.61 Å². The van der Waals surface area contributed by atoms with E-state index in [0.717, 1.165) is 16.7 Å². The SMILES string of the molecule is CCOc1cc(/C=C2\N=C(c3ccc(C(C)C)cc3)OC2=O)ccc1OCc1cccc(C)c1. The first-order valence-electron chi connectivity index (χ1n) is 11.5. The van der Waals surface area contributed by atoms with E-state index in [9.17, 15) is 4.79 Å². The molecule has 1 heterocycles. The molecular weight excluding hydrogens is 426 g/mol. The molecule has 5 nitrogen and oxygen atoms in total. The topological polar surface area (TPSA) is 57.1 Å². The van der Waals surface area contributed by atoms with E-state index < -0.39 is 5.97 Å². The predicted molar refractivity (Wildman–Crippen MR) is 134 cm³/mol. The van der Waals surface area contributed by atoms with E-state index in [1.54, 1.807) is 6.08 Å². The van der Waals surface area contributed by atoms with Crippen LogP contribution in [0.1, 0.15) is 54.5 Å². The second-order valence-corrected chi connectivity index (χ2v) is 8.53. The van der Waals surface area contributed by atoms with Crippen molar-refractivity contribution in [1.29, 1.82) is 0 Å². The standard InChI is InChI=1S/C29H29NO4/c1-5-32-27-17-21(9-14-26(27)33-18-22-8-6-7-20(4)15-22)16-25-29(31)34-28(30-25)24-12-10-23(11-13-24)19(2)3/h6-17,19H,5,18H2,1-4H3/b25-16-. The number of aliphatic imine (C=N–C) groups is 1. The number of cyclic esters (lactones) is 1. The Labute approximate surface area is 200 Å². The summed E-state index contributed by atoms with van der Waals surface area (Å²) in [6.07, 6.45) is 1.70. The van der Waals surface area contributed by atoms with Gasteiger partial charge in [0, 0.05) is 5.56 Å². The maximum absolute atomic E-state index is 12.4. The molecule has 5 heteroatoms. The van der Waals surface area contributed by atoms with Gasteiger partial charge in [-0.1, -0.05) is 61.9 Å². The number of nitrogens with zero attached hydrogens (tertiary/aromatic N) is 1. The highest BCUT2D eigenvalue weighted by atomic mass is 16.6. The van der Waals surface area contributed by atoms with Crippen LogP contribution in [0.3, 0.4) is 0 Å². The first-order chi connectivity index (χ1) is 16.4. The van der Waals surface area contributed by atoms with Gasteiger partial charge in [-0.05, 0) is 66.8 Å². The second-order valence-electron chi connectivity index (χ2n) is 8.53. The number of carbonyl (C=O) groups is 1. The zero-order valence-electron chi connectivity index (χ0n) is 20.0. The molecule has 174 valence electrons. The molecule has 0 fully saturated rings. The minimum Gasteiger partial charge on any atom is -0.490 e. The minimum absolute atomic E-state index is 0.249. The van der Waals surface area contributed by atoms with Gasteiger partial charge in [-0.3, -0.25) is 0 Å². The van der Waals surface area contributed by atoms with Gasteiger partial charge in [0.1, 0.15) is 6.61 Å². The predicted octanol–water partition coefficient (Wildman–Crippen LogP) is 6.44. The van der Waals surface area contributed by atoms with E-state index in [0.29, 0.717) is 36.5 Å². The van der Waals surface area contributed by atoms with Gasteiger partial charge in [0.15, 0.2) is 17.2 Å². The summed E-state index contributed by atoms with van der Waals surface area (Å²) in [4.78, 5) is 16.9. The number of carbonyl (C=O) groups excluding carboxylic acids is 1. The molecule has 0 amide bonds. The van der Waals surface area contributed by atoms with Gasteiger partial charge < -0.3 is 14.2 Å². The largest absolute Gasteiger partial charge is 0.490 e. The summed E-state index contributed by atoms with van der Waals surface area (Å²) in [5.74, 6) is 1.54. The summed E-state index contributed by atoms with van der Waals surface area (Å²) in [6.45, 7) is 9.19. The Kier molecular flexibility index (Phi) is 7.12. The molecule has 0 N–H and O–H groups in total. The number of rotatable bonds is 8. The summed E-state index contributed by atoms with van der Waals surface area (Å²) in [7, 11) is 0. The number of aryl methyl sites for hydroxylation is 1. The average molecular weight is 456 g/mol. The fourth-order valence-corrected chi connectivity index (χ4v) is 3.67. The first-order valence-corrected chi connectivity index (χ1v) is 11.5. The summed E-state index contributed by atoms with van der Waals surface area (Å²) in [5, 5.41) is 0. The second kappa shape index (κ2) is 10.4. The molecule has 0 radical (unpaired) electrons. The zero-order valence-corrected chi connectivity index (χ0v) is 20.0. The fraction of sp³-hybridized carbons (Fsp3) is 0.241. The Morgan fingerprint density at radius 2 is 1.76 bits per heavy atom. The molecule has 0 atom stereocenters. The number of ether oxygens (including phenoxy) is 3. The van der Waals surface area contributed by atoms with Crippen LogP contribution in [0.2, 0.25) is 0 Å². The zero-order chi connectivity index (χ0) is 24.1. The van der Waals surface area contributed by atoms with Crippen LogP contribution in [0.25, 0.3) is 6.08 Å². The molecule has 0 aromatic heterocycles. The third kappa shape index (κ3) is 5.54. The summed E-state index contributed by atoms with van der Waals surface area (Å²) in [6, 6.07) is 21.7. The molecule has 1 aliphatic heterocycles. The number of hydrogen-bond acceptors (Lipinski definition) is 5. The molecule has 0 aliphatic carbocycles. The van der Waals surface area contributed by atoms with Crippen molar-refractivity contribution in [3.8, 4) is 11.5 Å². The molecule has 3 aromatic carbocycles. The summed E-state index contributed by atoms with van der Waals surface area (Å²) >= 11 is 0. The van der Waals surface area contributed by atoms with Crippen LogP contribution in [0, 0.1) is 6.92 Å². The lowest BCUT2D eigenvalue weighted by atomic mass is 10.0. The minimum atomic E-state index is -0.472. The van der Waals surface area contributed by atoms with Gasteiger partial charge in [-0.2, -0.15) is 0 Å². The molecule has 0 saturated heterocycles. The van der Waals surface area contributed by atoms with E-state index in [2.05, 4.69) is 37.9 Å². The van der Waals surface area contributed by atoms with Crippen molar-refractivity contribution in [2.45, 2.75) is 40.2 Å². The lowest BCUT2D eigenvalue weighted by molar-refractivity contribution is -0.129. The molecule has 3 aromatic rings. The number of hydrogen-bond donors (Lipinski definition) is 0. The van der Waals surface area contributed by atoms with Crippen molar-refractivity contribution in [3.63, 3.8) is 0 Å². The van der Waals surface area contributed by atoms with E-state index in [-0.39, 0.29) is 5.70 Å².